The number of nitrogens with zero attached hydrogens (tertiary/aromatic N) is 1. The van der Waals surface area contributed by atoms with Gasteiger partial charge in [0.05, 0.1) is 30.7 Å². The number of methoxy groups -OCH3 is 1. The Kier molecular flexibility index (Phi) is 4.61. The number of fused-ring (bicyclic) bond motifs is 2. The maximum absolute atomic E-state index is 13.3. The van der Waals surface area contributed by atoms with Crippen LogP contribution in [-0.2, 0) is 0 Å². The number of aliphatic hydroxyl groups excluding tert-OH is 1. The maximum Gasteiger partial charge on any atom is 0.290 e. The monoisotopic (exact) mass is 399 g/mol. The lowest BCUT2D eigenvalue weighted by Gasteiger charge is -2.24. The Hall–Kier alpha value is -2.83. The molecule has 28 heavy (non-hydrogen) atoms. The molecular formula is C21H18ClNO5. The molecule has 0 radical (unpaired) electrons. The number of ether oxygens (including phenoxy) is 1. The molecule has 1 aliphatic rings. The molecule has 4 rings (SSSR count). The van der Waals surface area contributed by atoms with Crippen molar-refractivity contribution >= 4 is 28.5 Å². The van der Waals surface area contributed by atoms with Crippen LogP contribution in [0.4, 0.5) is 0 Å². The van der Waals surface area contributed by atoms with Crippen molar-refractivity contribution in [3.63, 3.8) is 0 Å². The number of benzene rings is 2. The summed E-state index contributed by atoms with van der Waals surface area (Å²) in [7, 11) is 1.55. The number of hydrogen-bond acceptors (Lipinski definition) is 5. The molecule has 0 fully saturated rings. The molecule has 1 atom stereocenters. The highest BCUT2D eigenvalue weighted by Crippen LogP contribution is 2.39. The van der Waals surface area contributed by atoms with Gasteiger partial charge in [0.2, 0.25) is 5.76 Å². The smallest absolute Gasteiger partial charge is 0.290 e. The molecule has 0 saturated heterocycles. The van der Waals surface area contributed by atoms with Crippen LogP contribution in [0.15, 0.2) is 45.6 Å². The molecule has 1 amide bonds. The average Bonchev–Trinajstić information content (AvgIpc) is 2.96. The van der Waals surface area contributed by atoms with E-state index >= 15 is 0 Å². The zero-order valence-electron chi connectivity index (χ0n) is 15.4. The van der Waals surface area contributed by atoms with Crippen LogP contribution in [0.5, 0.6) is 5.75 Å². The first-order valence-corrected chi connectivity index (χ1v) is 9.16. The molecule has 2 aromatic carbocycles. The molecule has 1 N–H and O–H groups in total. The Labute approximate surface area is 165 Å². The number of rotatable bonds is 4. The number of hydrogen-bond donors (Lipinski definition) is 1. The standard InChI is InChI=1S/C21H18ClNO5/c1-11-8-16-14(10-15(11)22)19(25)17-18(12-4-3-5-13(9-12)27-2)23(6-7-24)21(26)20(17)28-16/h3-5,8-10,18,24H,6-7H2,1-2H3. The van der Waals surface area contributed by atoms with E-state index in [0.717, 1.165) is 5.56 Å². The zero-order chi connectivity index (χ0) is 20.0. The summed E-state index contributed by atoms with van der Waals surface area (Å²) in [4.78, 5) is 27.8. The number of amides is 1. The minimum Gasteiger partial charge on any atom is -0.497 e. The van der Waals surface area contributed by atoms with Gasteiger partial charge in [0, 0.05) is 11.6 Å². The lowest BCUT2D eigenvalue weighted by Crippen LogP contribution is -2.32. The van der Waals surface area contributed by atoms with E-state index in [-0.39, 0.29) is 29.9 Å². The van der Waals surface area contributed by atoms with Crippen LogP contribution in [0.3, 0.4) is 0 Å². The minimum absolute atomic E-state index is 0.000456. The van der Waals surface area contributed by atoms with Gasteiger partial charge in [-0.3, -0.25) is 9.59 Å². The highest BCUT2D eigenvalue weighted by Gasteiger charge is 2.42. The molecule has 1 aromatic heterocycles. The van der Waals surface area contributed by atoms with Crippen LogP contribution in [0, 0.1) is 6.92 Å². The molecule has 0 bridgehead atoms. The van der Waals surface area contributed by atoms with E-state index < -0.39 is 11.9 Å². The van der Waals surface area contributed by atoms with Crippen LogP contribution in [0.1, 0.15) is 33.3 Å². The first kappa shape index (κ1) is 18.5. The topological polar surface area (TPSA) is 80.0 Å². The Bertz CT molecular complexity index is 1150. The summed E-state index contributed by atoms with van der Waals surface area (Å²) in [6, 6.07) is 9.70. The number of β-amino-alcohol motifs (C(OH)–C–C–N with tert-alkyl or cyclic N) is 1. The molecule has 3 aromatic rings. The summed E-state index contributed by atoms with van der Waals surface area (Å²) < 4.78 is 11.1. The average molecular weight is 400 g/mol. The quantitative estimate of drug-likeness (QED) is 0.728. The number of carbonyl (C=O) groups excluding carboxylic acids is 1. The third kappa shape index (κ3) is 2.77. The van der Waals surface area contributed by atoms with Crippen LogP contribution in [-0.4, -0.2) is 36.2 Å². The summed E-state index contributed by atoms with van der Waals surface area (Å²) in [5.74, 6) is 0.176. The fourth-order valence-corrected chi connectivity index (χ4v) is 3.80. The predicted molar refractivity (Wildman–Crippen MR) is 105 cm³/mol. The fraction of sp³-hybridized carbons (Fsp3) is 0.238. The highest BCUT2D eigenvalue weighted by molar-refractivity contribution is 6.32. The Morgan fingerprint density at radius 3 is 2.75 bits per heavy atom. The van der Waals surface area contributed by atoms with Crippen molar-refractivity contribution in [3.05, 3.63) is 74.1 Å². The second-order valence-corrected chi connectivity index (χ2v) is 7.08. The third-order valence-electron chi connectivity index (χ3n) is 5.00. The van der Waals surface area contributed by atoms with Crippen molar-refractivity contribution in [2.45, 2.75) is 13.0 Å². The largest absolute Gasteiger partial charge is 0.497 e. The Balaban J connectivity index is 2.02. The Morgan fingerprint density at radius 1 is 1.25 bits per heavy atom. The summed E-state index contributed by atoms with van der Waals surface area (Å²) in [6.45, 7) is 1.63. The second-order valence-electron chi connectivity index (χ2n) is 6.67. The molecule has 0 spiro atoms. The van der Waals surface area contributed by atoms with Crippen molar-refractivity contribution in [3.8, 4) is 5.75 Å². The van der Waals surface area contributed by atoms with E-state index in [1.165, 1.54) is 4.90 Å². The van der Waals surface area contributed by atoms with Crippen LogP contribution in [0.25, 0.3) is 11.0 Å². The van der Waals surface area contributed by atoms with Gasteiger partial charge in [0.25, 0.3) is 5.91 Å². The predicted octanol–water partition coefficient (Wildman–Crippen LogP) is 3.30. The molecule has 6 nitrogen and oxygen atoms in total. The molecule has 0 aliphatic carbocycles. The molecular weight excluding hydrogens is 382 g/mol. The van der Waals surface area contributed by atoms with Crippen molar-refractivity contribution in [1.29, 1.82) is 0 Å². The van der Waals surface area contributed by atoms with Gasteiger partial charge in [-0.25, -0.2) is 0 Å². The molecule has 7 heteroatoms. The fourth-order valence-electron chi connectivity index (χ4n) is 3.64. The number of halogens is 1. The number of aryl methyl sites for hydroxylation is 1. The maximum atomic E-state index is 13.3. The van der Waals surface area contributed by atoms with Gasteiger partial charge in [-0.05, 0) is 42.3 Å². The van der Waals surface area contributed by atoms with Crippen LogP contribution >= 0.6 is 11.6 Å². The van der Waals surface area contributed by atoms with E-state index in [1.54, 1.807) is 44.4 Å². The SMILES string of the molecule is COc1cccc(C2c3c(oc4cc(C)c(Cl)cc4c3=O)C(=O)N2CCO)c1. The lowest BCUT2D eigenvalue weighted by atomic mass is 9.98. The molecule has 144 valence electrons. The number of carbonyl (C=O) groups is 1. The summed E-state index contributed by atoms with van der Waals surface area (Å²) in [5.41, 5.74) is 1.71. The van der Waals surface area contributed by atoms with Gasteiger partial charge in [0.1, 0.15) is 11.3 Å². The van der Waals surface area contributed by atoms with E-state index in [0.29, 0.717) is 27.3 Å². The lowest BCUT2D eigenvalue weighted by molar-refractivity contribution is 0.0691. The molecule has 2 heterocycles. The van der Waals surface area contributed by atoms with Crippen molar-refractivity contribution in [2.24, 2.45) is 0 Å². The van der Waals surface area contributed by atoms with E-state index in [4.69, 9.17) is 20.8 Å². The Morgan fingerprint density at radius 2 is 2.04 bits per heavy atom. The van der Waals surface area contributed by atoms with Crippen molar-refractivity contribution in [2.75, 3.05) is 20.3 Å². The minimum atomic E-state index is -0.675. The highest BCUT2D eigenvalue weighted by atomic mass is 35.5. The normalized spacial score (nSPS) is 15.9. The van der Waals surface area contributed by atoms with Crippen molar-refractivity contribution < 1.29 is 19.1 Å². The van der Waals surface area contributed by atoms with Gasteiger partial charge in [-0.15, -0.1) is 0 Å². The van der Waals surface area contributed by atoms with Gasteiger partial charge in [-0.1, -0.05) is 23.7 Å². The van der Waals surface area contributed by atoms with Gasteiger partial charge < -0.3 is 19.2 Å². The summed E-state index contributed by atoms with van der Waals surface area (Å²) in [6.07, 6.45) is 0. The van der Waals surface area contributed by atoms with Gasteiger partial charge >= 0.3 is 0 Å². The van der Waals surface area contributed by atoms with Crippen molar-refractivity contribution in [1.82, 2.24) is 4.90 Å². The van der Waals surface area contributed by atoms with E-state index in [9.17, 15) is 14.7 Å². The van der Waals surface area contributed by atoms with E-state index in [1.807, 2.05) is 6.07 Å². The first-order chi connectivity index (χ1) is 13.5. The van der Waals surface area contributed by atoms with Gasteiger partial charge in [-0.2, -0.15) is 0 Å². The number of aliphatic hydroxyl groups is 1. The molecule has 0 saturated carbocycles. The van der Waals surface area contributed by atoms with Gasteiger partial charge in [0.15, 0.2) is 5.43 Å². The van der Waals surface area contributed by atoms with Crippen LogP contribution < -0.4 is 10.2 Å². The van der Waals surface area contributed by atoms with Crippen LogP contribution in [0.2, 0.25) is 5.02 Å². The molecule has 1 unspecified atom stereocenters. The summed E-state index contributed by atoms with van der Waals surface area (Å²) >= 11 is 6.20. The second kappa shape index (κ2) is 6.96. The summed E-state index contributed by atoms with van der Waals surface area (Å²) in [5, 5.41) is 10.2. The third-order valence-corrected chi connectivity index (χ3v) is 5.40. The van der Waals surface area contributed by atoms with E-state index in [2.05, 4.69) is 0 Å². The zero-order valence-corrected chi connectivity index (χ0v) is 16.1. The molecule has 1 aliphatic heterocycles. The first-order valence-electron chi connectivity index (χ1n) is 8.79.